The molecule has 0 saturated heterocycles. The van der Waals surface area contributed by atoms with Crippen LogP contribution >= 0.6 is 11.6 Å². The minimum Gasteiger partial charge on any atom is -0.348 e. The number of pyridine rings is 1. The minimum absolute atomic E-state index is 0.0752. The van der Waals surface area contributed by atoms with Crippen molar-refractivity contribution in [1.82, 2.24) is 15.3 Å². The van der Waals surface area contributed by atoms with Gasteiger partial charge in [-0.15, -0.1) is 0 Å². The lowest BCUT2D eigenvalue weighted by molar-refractivity contribution is 0.0905. The maximum atomic E-state index is 12.3. The number of aromatic amines is 1. The van der Waals surface area contributed by atoms with Crippen LogP contribution in [0.1, 0.15) is 50.0 Å². The largest absolute Gasteiger partial charge is 0.348 e. The van der Waals surface area contributed by atoms with E-state index in [2.05, 4.69) is 29.1 Å². The van der Waals surface area contributed by atoms with Crippen molar-refractivity contribution in [3.63, 3.8) is 0 Å². The SMILES string of the molecule is CC1(C)CCC(NC(=O)c2cc3c(Cl)ccnc3[nH]2)CC1. The Morgan fingerprint density at radius 2 is 2.14 bits per heavy atom. The smallest absolute Gasteiger partial charge is 0.267 e. The van der Waals surface area contributed by atoms with Gasteiger partial charge in [0.1, 0.15) is 11.3 Å². The van der Waals surface area contributed by atoms with Gasteiger partial charge in [0.2, 0.25) is 0 Å². The number of carbonyl (C=O) groups excluding carboxylic acids is 1. The third kappa shape index (κ3) is 3.05. The Morgan fingerprint density at radius 1 is 1.43 bits per heavy atom. The first-order chi connectivity index (χ1) is 9.94. The molecule has 1 saturated carbocycles. The minimum atomic E-state index is -0.0752. The molecule has 0 spiro atoms. The summed E-state index contributed by atoms with van der Waals surface area (Å²) in [7, 11) is 0. The van der Waals surface area contributed by atoms with Crippen LogP contribution in [0.15, 0.2) is 18.3 Å². The van der Waals surface area contributed by atoms with Crippen LogP contribution in [0.3, 0.4) is 0 Å². The van der Waals surface area contributed by atoms with Crippen LogP contribution in [-0.2, 0) is 0 Å². The standard InChI is InChI=1S/C16H20ClN3O/c1-16(2)6-3-10(4-7-16)19-15(21)13-9-11-12(17)5-8-18-14(11)20-13/h5,8-10H,3-4,6-7H2,1-2H3,(H,18,20)(H,19,21). The normalized spacial score (nSPS) is 18.8. The second kappa shape index (κ2) is 5.34. The summed E-state index contributed by atoms with van der Waals surface area (Å²) in [5.41, 5.74) is 1.58. The van der Waals surface area contributed by atoms with Crippen LogP contribution in [0.2, 0.25) is 5.02 Å². The summed E-state index contributed by atoms with van der Waals surface area (Å²) in [6.07, 6.45) is 6.01. The lowest BCUT2D eigenvalue weighted by atomic mass is 9.75. The van der Waals surface area contributed by atoms with Gasteiger partial charge in [-0.2, -0.15) is 0 Å². The summed E-state index contributed by atoms with van der Waals surface area (Å²) in [5.74, 6) is -0.0752. The number of H-pyrrole nitrogens is 1. The Kier molecular flexibility index (Phi) is 3.66. The molecular weight excluding hydrogens is 286 g/mol. The molecule has 1 aliphatic carbocycles. The predicted octanol–water partition coefficient (Wildman–Crippen LogP) is 3.91. The van der Waals surface area contributed by atoms with Crippen LogP contribution in [0.5, 0.6) is 0 Å². The summed E-state index contributed by atoms with van der Waals surface area (Å²) in [6, 6.07) is 3.76. The molecule has 2 N–H and O–H groups in total. The Balaban J connectivity index is 1.71. The fraction of sp³-hybridized carbons (Fsp3) is 0.500. The van der Waals surface area contributed by atoms with Gasteiger partial charge in [0.05, 0.1) is 5.02 Å². The number of rotatable bonds is 2. The molecule has 2 heterocycles. The number of nitrogens with one attached hydrogen (secondary N) is 2. The molecule has 1 fully saturated rings. The number of carbonyl (C=O) groups is 1. The number of aromatic nitrogens is 2. The molecule has 0 atom stereocenters. The van der Waals surface area contributed by atoms with Crippen molar-refractivity contribution in [3.05, 3.63) is 29.0 Å². The molecular formula is C16H20ClN3O. The number of fused-ring (bicyclic) bond motifs is 1. The van der Waals surface area contributed by atoms with Crippen molar-refractivity contribution in [3.8, 4) is 0 Å². The number of amides is 1. The van der Waals surface area contributed by atoms with Crippen LogP contribution in [0.4, 0.5) is 0 Å². The van der Waals surface area contributed by atoms with Gasteiger partial charge in [0.15, 0.2) is 0 Å². The fourth-order valence-corrected chi connectivity index (χ4v) is 3.12. The van der Waals surface area contributed by atoms with E-state index in [1.54, 1.807) is 18.3 Å². The summed E-state index contributed by atoms with van der Waals surface area (Å²) < 4.78 is 0. The first kappa shape index (κ1) is 14.4. The van der Waals surface area contributed by atoms with Gasteiger partial charge in [-0.3, -0.25) is 4.79 Å². The highest BCUT2D eigenvalue weighted by atomic mass is 35.5. The monoisotopic (exact) mass is 305 g/mol. The Bertz CT molecular complexity index is 667. The van der Waals surface area contributed by atoms with E-state index in [0.717, 1.165) is 31.1 Å². The van der Waals surface area contributed by atoms with Crippen molar-refractivity contribution in [1.29, 1.82) is 0 Å². The van der Waals surface area contributed by atoms with E-state index in [1.807, 2.05) is 0 Å². The van der Waals surface area contributed by atoms with Crippen molar-refractivity contribution in [2.75, 3.05) is 0 Å². The van der Waals surface area contributed by atoms with E-state index < -0.39 is 0 Å². The zero-order chi connectivity index (χ0) is 15.0. The summed E-state index contributed by atoms with van der Waals surface area (Å²) in [4.78, 5) is 19.6. The number of hydrogen-bond acceptors (Lipinski definition) is 2. The van der Waals surface area contributed by atoms with Crippen molar-refractivity contribution >= 4 is 28.5 Å². The Hall–Kier alpha value is -1.55. The highest BCUT2D eigenvalue weighted by Gasteiger charge is 2.28. The molecule has 0 radical (unpaired) electrons. The molecule has 0 unspecified atom stereocenters. The first-order valence-electron chi connectivity index (χ1n) is 7.39. The number of nitrogens with zero attached hydrogens (tertiary/aromatic N) is 1. The van der Waals surface area contributed by atoms with E-state index in [4.69, 9.17) is 11.6 Å². The molecule has 21 heavy (non-hydrogen) atoms. The van der Waals surface area contributed by atoms with Gasteiger partial charge < -0.3 is 10.3 Å². The second-order valence-corrected chi connectivity index (χ2v) is 7.06. The maximum absolute atomic E-state index is 12.3. The molecule has 0 aromatic carbocycles. The molecule has 112 valence electrons. The zero-order valence-corrected chi connectivity index (χ0v) is 13.1. The molecule has 2 aromatic heterocycles. The first-order valence-corrected chi connectivity index (χ1v) is 7.76. The molecule has 1 amide bonds. The van der Waals surface area contributed by atoms with Gasteiger partial charge in [0, 0.05) is 17.6 Å². The van der Waals surface area contributed by atoms with Gasteiger partial charge >= 0.3 is 0 Å². The van der Waals surface area contributed by atoms with E-state index in [0.29, 0.717) is 21.8 Å². The molecule has 3 rings (SSSR count). The molecule has 0 bridgehead atoms. The van der Waals surface area contributed by atoms with Gasteiger partial charge in [0.25, 0.3) is 5.91 Å². The highest BCUT2D eigenvalue weighted by molar-refractivity contribution is 6.35. The molecule has 0 aliphatic heterocycles. The van der Waals surface area contributed by atoms with Crippen molar-refractivity contribution < 1.29 is 4.79 Å². The summed E-state index contributed by atoms with van der Waals surface area (Å²) >= 11 is 6.11. The van der Waals surface area contributed by atoms with Crippen molar-refractivity contribution in [2.24, 2.45) is 5.41 Å². The lowest BCUT2D eigenvalue weighted by Gasteiger charge is -2.34. The zero-order valence-electron chi connectivity index (χ0n) is 12.4. The Labute approximate surface area is 129 Å². The van der Waals surface area contributed by atoms with Crippen LogP contribution in [0, 0.1) is 5.41 Å². The van der Waals surface area contributed by atoms with E-state index in [9.17, 15) is 4.79 Å². The topological polar surface area (TPSA) is 57.8 Å². The molecule has 5 heteroatoms. The molecule has 4 nitrogen and oxygen atoms in total. The van der Waals surface area contributed by atoms with E-state index in [-0.39, 0.29) is 11.9 Å². The molecule has 1 aliphatic rings. The van der Waals surface area contributed by atoms with Gasteiger partial charge in [-0.25, -0.2) is 4.98 Å². The van der Waals surface area contributed by atoms with Crippen molar-refractivity contribution in [2.45, 2.75) is 45.6 Å². The summed E-state index contributed by atoms with van der Waals surface area (Å²) in [6.45, 7) is 4.58. The lowest BCUT2D eigenvalue weighted by Crippen LogP contribution is -2.39. The van der Waals surface area contributed by atoms with Gasteiger partial charge in [-0.1, -0.05) is 25.4 Å². The maximum Gasteiger partial charge on any atom is 0.267 e. The fourth-order valence-electron chi connectivity index (χ4n) is 2.92. The van der Waals surface area contributed by atoms with Crippen LogP contribution in [-0.4, -0.2) is 21.9 Å². The third-order valence-corrected chi connectivity index (χ3v) is 4.73. The van der Waals surface area contributed by atoms with Crippen LogP contribution in [0.25, 0.3) is 11.0 Å². The average molecular weight is 306 g/mol. The second-order valence-electron chi connectivity index (χ2n) is 6.65. The van der Waals surface area contributed by atoms with Gasteiger partial charge in [-0.05, 0) is 43.2 Å². The third-order valence-electron chi connectivity index (χ3n) is 4.40. The number of hydrogen-bond donors (Lipinski definition) is 2. The highest BCUT2D eigenvalue weighted by Crippen LogP contribution is 2.35. The predicted molar refractivity (Wildman–Crippen MR) is 84.6 cm³/mol. The summed E-state index contributed by atoms with van der Waals surface area (Å²) in [5, 5.41) is 4.50. The average Bonchev–Trinajstić information content (AvgIpc) is 2.87. The quantitative estimate of drug-likeness (QED) is 0.883. The molecule has 2 aromatic rings. The van der Waals surface area contributed by atoms with E-state index in [1.165, 1.54) is 0 Å². The number of halogens is 1. The Morgan fingerprint density at radius 3 is 2.81 bits per heavy atom. The van der Waals surface area contributed by atoms with E-state index >= 15 is 0 Å². The van der Waals surface area contributed by atoms with Crippen LogP contribution < -0.4 is 5.32 Å².